The second-order valence-electron chi connectivity index (χ2n) is 4.19. The molecule has 1 amide bonds. The number of amides is 1. The first-order chi connectivity index (χ1) is 6.59. The zero-order chi connectivity index (χ0) is 10.6. The van der Waals surface area contributed by atoms with Gasteiger partial charge >= 0.3 is 6.09 Å². The standard InChI is InChI=1S/C10H20N2O2/c1-7(2)12-10(13)14-9-6-4-3-5-8(9)11/h7-9H,3-6,11H2,1-2H3,(H,12,13). The van der Waals surface area contributed by atoms with E-state index in [1.807, 2.05) is 13.8 Å². The summed E-state index contributed by atoms with van der Waals surface area (Å²) in [6.45, 7) is 3.81. The van der Waals surface area contributed by atoms with Gasteiger partial charge in [-0.25, -0.2) is 4.79 Å². The minimum atomic E-state index is -0.345. The highest BCUT2D eigenvalue weighted by Gasteiger charge is 2.25. The van der Waals surface area contributed by atoms with Gasteiger partial charge in [0, 0.05) is 12.1 Å². The molecule has 0 aromatic carbocycles. The molecule has 0 bridgehead atoms. The summed E-state index contributed by atoms with van der Waals surface area (Å²) in [6, 6.07) is 0.129. The zero-order valence-corrected chi connectivity index (χ0v) is 8.95. The number of carbonyl (C=O) groups is 1. The predicted octanol–water partition coefficient (Wildman–Crippen LogP) is 1.39. The predicted molar refractivity (Wildman–Crippen MR) is 55.0 cm³/mol. The lowest BCUT2D eigenvalue weighted by atomic mass is 9.93. The molecule has 0 heterocycles. The van der Waals surface area contributed by atoms with E-state index in [1.165, 1.54) is 0 Å². The van der Waals surface area contributed by atoms with Gasteiger partial charge in [0.25, 0.3) is 0 Å². The monoisotopic (exact) mass is 200 g/mol. The van der Waals surface area contributed by atoms with Crippen LogP contribution in [0.25, 0.3) is 0 Å². The summed E-state index contributed by atoms with van der Waals surface area (Å²) in [5.41, 5.74) is 5.85. The number of hydrogen-bond acceptors (Lipinski definition) is 3. The van der Waals surface area contributed by atoms with Gasteiger partial charge in [-0.1, -0.05) is 6.42 Å². The van der Waals surface area contributed by atoms with Crippen molar-refractivity contribution >= 4 is 6.09 Å². The highest BCUT2D eigenvalue weighted by molar-refractivity contribution is 5.67. The van der Waals surface area contributed by atoms with Crippen molar-refractivity contribution in [3.8, 4) is 0 Å². The largest absolute Gasteiger partial charge is 0.445 e. The van der Waals surface area contributed by atoms with Crippen LogP contribution in [-0.2, 0) is 4.74 Å². The van der Waals surface area contributed by atoms with Gasteiger partial charge < -0.3 is 15.8 Å². The van der Waals surface area contributed by atoms with Crippen LogP contribution in [0.15, 0.2) is 0 Å². The van der Waals surface area contributed by atoms with Gasteiger partial charge in [0.2, 0.25) is 0 Å². The molecule has 1 aliphatic rings. The highest BCUT2D eigenvalue weighted by atomic mass is 16.6. The molecule has 1 rings (SSSR count). The summed E-state index contributed by atoms with van der Waals surface area (Å²) in [5.74, 6) is 0. The van der Waals surface area contributed by atoms with Crippen molar-refractivity contribution in [2.75, 3.05) is 0 Å². The lowest BCUT2D eigenvalue weighted by Crippen LogP contribution is -2.43. The molecule has 1 fully saturated rings. The molecule has 4 heteroatoms. The Kier molecular flexibility index (Phi) is 4.20. The molecular weight excluding hydrogens is 180 g/mol. The number of nitrogens with one attached hydrogen (secondary N) is 1. The molecule has 0 spiro atoms. The van der Waals surface area contributed by atoms with Crippen molar-refractivity contribution < 1.29 is 9.53 Å². The second-order valence-corrected chi connectivity index (χ2v) is 4.19. The fourth-order valence-corrected chi connectivity index (χ4v) is 1.68. The average Bonchev–Trinajstić information content (AvgIpc) is 2.07. The SMILES string of the molecule is CC(C)NC(=O)OC1CCCCC1N. The summed E-state index contributed by atoms with van der Waals surface area (Å²) >= 11 is 0. The number of ether oxygens (including phenoxy) is 1. The summed E-state index contributed by atoms with van der Waals surface area (Å²) in [6.07, 6.45) is 3.66. The highest BCUT2D eigenvalue weighted by Crippen LogP contribution is 2.19. The van der Waals surface area contributed by atoms with E-state index in [1.54, 1.807) is 0 Å². The van der Waals surface area contributed by atoms with Gasteiger partial charge in [-0.15, -0.1) is 0 Å². The molecule has 3 N–H and O–H groups in total. The Bertz CT molecular complexity index is 195. The lowest BCUT2D eigenvalue weighted by Gasteiger charge is -2.28. The van der Waals surface area contributed by atoms with Crippen LogP contribution in [0, 0.1) is 0 Å². The Hall–Kier alpha value is -0.770. The van der Waals surface area contributed by atoms with Crippen LogP contribution in [0.5, 0.6) is 0 Å². The van der Waals surface area contributed by atoms with Crippen LogP contribution >= 0.6 is 0 Å². The molecule has 2 atom stereocenters. The smallest absolute Gasteiger partial charge is 0.407 e. The van der Waals surface area contributed by atoms with Crippen LogP contribution in [0.2, 0.25) is 0 Å². The topological polar surface area (TPSA) is 64.3 Å². The summed E-state index contributed by atoms with van der Waals surface area (Å²) in [4.78, 5) is 11.3. The molecule has 0 aromatic heterocycles. The van der Waals surface area contributed by atoms with Crippen LogP contribution in [0.4, 0.5) is 4.79 Å². The molecule has 1 aliphatic carbocycles. The van der Waals surface area contributed by atoms with Crippen LogP contribution in [-0.4, -0.2) is 24.3 Å². The van der Waals surface area contributed by atoms with Crippen molar-refractivity contribution in [1.29, 1.82) is 0 Å². The molecule has 0 aromatic rings. The zero-order valence-electron chi connectivity index (χ0n) is 8.95. The van der Waals surface area contributed by atoms with Crippen LogP contribution in [0.3, 0.4) is 0 Å². The Morgan fingerprint density at radius 2 is 2.07 bits per heavy atom. The van der Waals surface area contributed by atoms with E-state index in [0.29, 0.717) is 0 Å². The Morgan fingerprint density at radius 3 is 2.64 bits per heavy atom. The second kappa shape index (κ2) is 5.20. The third-order valence-corrected chi connectivity index (χ3v) is 2.42. The van der Waals surface area contributed by atoms with E-state index in [9.17, 15) is 4.79 Å². The van der Waals surface area contributed by atoms with Crippen molar-refractivity contribution in [2.45, 2.75) is 57.7 Å². The van der Waals surface area contributed by atoms with Crippen molar-refractivity contribution in [3.63, 3.8) is 0 Å². The fourth-order valence-electron chi connectivity index (χ4n) is 1.68. The first-order valence-electron chi connectivity index (χ1n) is 5.32. The van der Waals surface area contributed by atoms with Gasteiger partial charge in [0.15, 0.2) is 0 Å². The molecule has 82 valence electrons. The molecule has 14 heavy (non-hydrogen) atoms. The van der Waals surface area contributed by atoms with E-state index in [0.717, 1.165) is 25.7 Å². The lowest BCUT2D eigenvalue weighted by molar-refractivity contribution is 0.0613. The number of alkyl carbamates (subject to hydrolysis) is 1. The molecule has 0 aliphatic heterocycles. The molecule has 4 nitrogen and oxygen atoms in total. The number of nitrogens with two attached hydrogens (primary N) is 1. The number of rotatable bonds is 2. The number of carbonyl (C=O) groups excluding carboxylic acids is 1. The molecule has 0 radical (unpaired) electrons. The van der Waals surface area contributed by atoms with Gasteiger partial charge in [-0.3, -0.25) is 0 Å². The number of hydrogen-bond donors (Lipinski definition) is 2. The maximum Gasteiger partial charge on any atom is 0.407 e. The third kappa shape index (κ3) is 3.54. The van der Waals surface area contributed by atoms with Gasteiger partial charge in [-0.05, 0) is 33.1 Å². The van der Waals surface area contributed by atoms with Gasteiger partial charge in [0.1, 0.15) is 6.10 Å². The minimum absolute atomic E-state index is 0.0154. The quantitative estimate of drug-likeness (QED) is 0.708. The first-order valence-corrected chi connectivity index (χ1v) is 5.32. The molecule has 2 unspecified atom stereocenters. The maximum atomic E-state index is 11.3. The van der Waals surface area contributed by atoms with Gasteiger partial charge in [0.05, 0.1) is 0 Å². The van der Waals surface area contributed by atoms with Gasteiger partial charge in [-0.2, -0.15) is 0 Å². The molecule has 0 saturated heterocycles. The van der Waals surface area contributed by atoms with E-state index in [4.69, 9.17) is 10.5 Å². The minimum Gasteiger partial charge on any atom is -0.445 e. The van der Waals surface area contributed by atoms with Crippen LogP contribution < -0.4 is 11.1 Å². The van der Waals surface area contributed by atoms with Crippen molar-refractivity contribution in [2.24, 2.45) is 5.73 Å². The first kappa shape index (κ1) is 11.3. The van der Waals surface area contributed by atoms with Crippen LogP contribution in [0.1, 0.15) is 39.5 Å². The third-order valence-electron chi connectivity index (χ3n) is 2.42. The normalized spacial score (nSPS) is 27.4. The Labute approximate surface area is 85.2 Å². The molecule has 1 saturated carbocycles. The summed E-state index contributed by atoms with van der Waals surface area (Å²) < 4.78 is 5.24. The average molecular weight is 200 g/mol. The molecular formula is C10H20N2O2. The summed E-state index contributed by atoms with van der Waals surface area (Å²) in [5, 5.41) is 2.69. The van der Waals surface area contributed by atoms with Crippen molar-refractivity contribution in [3.05, 3.63) is 0 Å². The van der Waals surface area contributed by atoms with E-state index in [-0.39, 0.29) is 24.3 Å². The van der Waals surface area contributed by atoms with Crippen molar-refractivity contribution in [1.82, 2.24) is 5.32 Å². The van der Waals surface area contributed by atoms with E-state index in [2.05, 4.69) is 5.32 Å². The Balaban J connectivity index is 2.31. The maximum absolute atomic E-state index is 11.3. The van der Waals surface area contributed by atoms with E-state index < -0.39 is 0 Å². The fraction of sp³-hybridized carbons (Fsp3) is 0.900. The Morgan fingerprint density at radius 1 is 1.43 bits per heavy atom. The van der Waals surface area contributed by atoms with E-state index >= 15 is 0 Å². The summed E-state index contributed by atoms with van der Waals surface area (Å²) in [7, 11) is 0.